The van der Waals surface area contributed by atoms with E-state index in [1.165, 1.54) is 0 Å². The van der Waals surface area contributed by atoms with Gasteiger partial charge in [0.15, 0.2) is 5.69 Å². The smallest absolute Gasteiger partial charge is 0.277 e. The number of aromatic nitrogens is 3. The summed E-state index contributed by atoms with van der Waals surface area (Å²) < 4.78 is 4.92. The van der Waals surface area contributed by atoms with Gasteiger partial charge in [0.05, 0.1) is 0 Å². The summed E-state index contributed by atoms with van der Waals surface area (Å²) in [5.41, 5.74) is 1.78. The van der Waals surface area contributed by atoms with Gasteiger partial charge in [0.25, 0.3) is 5.91 Å². The van der Waals surface area contributed by atoms with Gasteiger partial charge in [0, 0.05) is 36.6 Å². The Labute approximate surface area is 164 Å². The first-order chi connectivity index (χ1) is 13.5. The standard InChI is InChI=1S/C20H24N6O2/c1-5-26(6-2)19-12-18(21-14(4)22-19)23-15-7-9-16(10-8-15)24-20(27)17-11-13(3)28-25-17/h7-12H,5-6H2,1-4H3,(H,24,27)(H,21,22,23). The third kappa shape index (κ3) is 4.64. The highest BCUT2D eigenvalue weighted by Crippen LogP contribution is 2.21. The minimum atomic E-state index is -0.312. The summed E-state index contributed by atoms with van der Waals surface area (Å²) in [5, 5.41) is 9.79. The van der Waals surface area contributed by atoms with Crippen molar-refractivity contribution in [3.8, 4) is 0 Å². The fraction of sp³-hybridized carbons (Fsp3) is 0.300. The predicted octanol–water partition coefficient (Wildman–Crippen LogP) is 3.92. The van der Waals surface area contributed by atoms with E-state index >= 15 is 0 Å². The van der Waals surface area contributed by atoms with E-state index < -0.39 is 0 Å². The number of nitrogens with one attached hydrogen (secondary N) is 2. The quantitative estimate of drug-likeness (QED) is 0.641. The van der Waals surface area contributed by atoms with Crippen molar-refractivity contribution >= 4 is 28.9 Å². The van der Waals surface area contributed by atoms with E-state index in [0.717, 1.165) is 30.4 Å². The van der Waals surface area contributed by atoms with Crippen molar-refractivity contribution in [2.45, 2.75) is 27.7 Å². The molecular weight excluding hydrogens is 356 g/mol. The summed E-state index contributed by atoms with van der Waals surface area (Å²) in [5.74, 6) is 2.61. The molecule has 0 aliphatic rings. The van der Waals surface area contributed by atoms with Crippen LogP contribution in [0.25, 0.3) is 0 Å². The topological polar surface area (TPSA) is 96.2 Å². The monoisotopic (exact) mass is 380 g/mol. The molecule has 146 valence electrons. The molecule has 2 aromatic heterocycles. The van der Waals surface area contributed by atoms with Gasteiger partial charge in [0.1, 0.15) is 23.2 Å². The fourth-order valence-corrected chi connectivity index (χ4v) is 2.78. The summed E-state index contributed by atoms with van der Waals surface area (Å²) >= 11 is 0. The molecule has 0 unspecified atom stereocenters. The van der Waals surface area contributed by atoms with Gasteiger partial charge in [-0.25, -0.2) is 9.97 Å². The van der Waals surface area contributed by atoms with Crippen molar-refractivity contribution in [1.82, 2.24) is 15.1 Å². The van der Waals surface area contributed by atoms with Crippen molar-refractivity contribution in [2.75, 3.05) is 28.6 Å². The predicted molar refractivity (Wildman–Crippen MR) is 109 cm³/mol. The van der Waals surface area contributed by atoms with Gasteiger partial charge in [-0.2, -0.15) is 0 Å². The van der Waals surface area contributed by atoms with Crippen LogP contribution in [0.2, 0.25) is 0 Å². The Kier molecular flexibility index (Phi) is 5.88. The third-order valence-corrected chi connectivity index (χ3v) is 4.19. The molecule has 3 aromatic rings. The van der Waals surface area contributed by atoms with Gasteiger partial charge in [0.2, 0.25) is 0 Å². The van der Waals surface area contributed by atoms with E-state index in [1.54, 1.807) is 13.0 Å². The maximum Gasteiger partial charge on any atom is 0.277 e. The van der Waals surface area contributed by atoms with Crippen molar-refractivity contribution < 1.29 is 9.32 Å². The lowest BCUT2D eigenvalue weighted by molar-refractivity contribution is 0.101. The first kappa shape index (κ1) is 19.3. The minimum absolute atomic E-state index is 0.250. The highest BCUT2D eigenvalue weighted by Gasteiger charge is 2.11. The molecule has 8 nitrogen and oxygen atoms in total. The van der Waals surface area contributed by atoms with Crippen LogP contribution in [0.1, 0.15) is 35.9 Å². The fourth-order valence-electron chi connectivity index (χ4n) is 2.78. The number of hydrogen-bond donors (Lipinski definition) is 2. The number of benzene rings is 1. The van der Waals surface area contributed by atoms with Crippen molar-refractivity contribution in [2.24, 2.45) is 0 Å². The highest BCUT2D eigenvalue weighted by atomic mass is 16.5. The molecule has 28 heavy (non-hydrogen) atoms. The Morgan fingerprint density at radius 2 is 1.71 bits per heavy atom. The second-order valence-electron chi connectivity index (χ2n) is 6.31. The van der Waals surface area contributed by atoms with Gasteiger partial charge in [-0.05, 0) is 52.0 Å². The van der Waals surface area contributed by atoms with E-state index in [0.29, 0.717) is 17.3 Å². The number of nitrogens with zero attached hydrogens (tertiary/aromatic N) is 4. The molecule has 1 amide bonds. The zero-order valence-electron chi connectivity index (χ0n) is 16.5. The van der Waals surface area contributed by atoms with Gasteiger partial charge in [-0.3, -0.25) is 4.79 Å². The first-order valence-electron chi connectivity index (χ1n) is 9.21. The van der Waals surface area contributed by atoms with Crippen LogP contribution in [0.15, 0.2) is 40.9 Å². The number of anilines is 4. The van der Waals surface area contributed by atoms with Crippen LogP contribution in [-0.4, -0.2) is 34.1 Å². The van der Waals surface area contributed by atoms with Crippen LogP contribution < -0.4 is 15.5 Å². The lowest BCUT2D eigenvalue weighted by Gasteiger charge is -2.20. The van der Waals surface area contributed by atoms with Crippen LogP contribution in [0.5, 0.6) is 0 Å². The first-order valence-corrected chi connectivity index (χ1v) is 9.21. The maximum atomic E-state index is 12.1. The molecule has 2 heterocycles. The Morgan fingerprint density at radius 3 is 2.32 bits per heavy atom. The summed E-state index contributed by atoms with van der Waals surface area (Å²) in [6.45, 7) is 9.58. The Bertz CT molecular complexity index is 948. The van der Waals surface area contributed by atoms with E-state index in [9.17, 15) is 4.79 Å². The summed E-state index contributed by atoms with van der Waals surface area (Å²) in [6.07, 6.45) is 0. The van der Waals surface area contributed by atoms with Crippen LogP contribution in [0.4, 0.5) is 23.0 Å². The maximum absolute atomic E-state index is 12.1. The van der Waals surface area contributed by atoms with Crippen molar-refractivity contribution in [3.05, 3.63) is 53.7 Å². The molecule has 0 radical (unpaired) electrons. The lowest BCUT2D eigenvalue weighted by atomic mass is 10.2. The molecule has 0 bridgehead atoms. The zero-order valence-corrected chi connectivity index (χ0v) is 16.5. The van der Waals surface area contributed by atoms with E-state index in [-0.39, 0.29) is 11.6 Å². The molecule has 0 aliphatic heterocycles. The van der Waals surface area contributed by atoms with Crippen LogP contribution in [0.3, 0.4) is 0 Å². The number of hydrogen-bond acceptors (Lipinski definition) is 7. The zero-order chi connectivity index (χ0) is 20.1. The molecule has 0 aliphatic carbocycles. The molecule has 0 saturated heterocycles. The average Bonchev–Trinajstić information content (AvgIpc) is 3.10. The molecular formula is C20H24N6O2. The number of rotatable bonds is 7. The molecule has 1 aromatic carbocycles. The Hall–Kier alpha value is -3.42. The number of carbonyl (C=O) groups excluding carboxylic acids is 1. The van der Waals surface area contributed by atoms with Crippen LogP contribution >= 0.6 is 0 Å². The molecule has 0 saturated carbocycles. The van der Waals surface area contributed by atoms with E-state index in [4.69, 9.17) is 4.52 Å². The molecule has 0 fully saturated rings. The van der Waals surface area contributed by atoms with Gasteiger partial charge in [-0.1, -0.05) is 5.16 Å². The molecule has 0 spiro atoms. The Morgan fingerprint density at radius 1 is 1.04 bits per heavy atom. The van der Waals surface area contributed by atoms with Gasteiger partial charge >= 0.3 is 0 Å². The molecule has 0 atom stereocenters. The number of carbonyl (C=O) groups is 1. The van der Waals surface area contributed by atoms with E-state index in [1.807, 2.05) is 37.3 Å². The van der Waals surface area contributed by atoms with Crippen molar-refractivity contribution in [1.29, 1.82) is 0 Å². The van der Waals surface area contributed by atoms with Crippen LogP contribution in [0, 0.1) is 13.8 Å². The largest absolute Gasteiger partial charge is 0.361 e. The number of aryl methyl sites for hydroxylation is 2. The average molecular weight is 380 g/mol. The Balaban J connectivity index is 1.69. The van der Waals surface area contributed by atoms with Crippen molar-refractivity contribution in [3.63, 3.8) is 0 Å². The SMILES string of the molecule is CCN(CC)c1cc(Nc2ccc(NC(=O)c3cc(C)on3)cc2)nc(C)n1. The van der Waals surface area contributed by atoms with Gasteiger partial charge in [-0.15, -0.1) is 0 Å². The van der Waals surface area contributed by atoms with E-state index in [2.05, 4.69) is 44.5 Å². The second kappa shape index (κ2) is 8.51. The second-order valence-corrected chi connectivity index (χ2v) is 6.31. The molecule has 3 rings (SSSR count). The molecule has 2 N–H and O–H groups in total. The van der Waals surface area contributed by atoms with Gasteiger partial charge < -0.3 is 20.1 Å². The number of amides is 1. The third-order valence-electron chi connectivity index (χ3n) is 4.19. The molecule has 8 heteroatoms. The van der Waals surface area contributed by atoms with Crippen LogP contribution in [-0.2, 0) is 0 Å². The normalized spacial score (nSPS) is 10.6. The highest BCUT2D eigenvalue weighted by molar-refractivity contribution is 6.02. The minimum Gasteiger partial charge on any atom is -0.361 e. The summed E-state index contributed by atoms with van der Waals surface area (Å²) in [4.78, 5) is 23.3. The summed E-state index contributed by atoms with van der Waals surface area (Å²) in [7, 11) is 0. The summed E-state index contributed by atoms with van der Waals surface area (Å²) in [6, 6.07) is 10.9. The lowest BCUT2D eigenvalue weighted by Crippen LogP contribution is -2.23.